The molecule has 100 valence electrons. The van der Waals surface area contributed by atoms with Crippen molar-refractivity contribution in [2.45, 2.75) is 0 Å². The van der Waals surface area contributed by atoms with Crippen LogP contribution in [0, 0.1) is 21.4 Å². The van der Waals surface area contributed by atoms with Crippen LogP contribution in [0.3, 0.4) is 0 Å². The smallest absolute Gasteiger partial charge is 0.312 e. The summed E-state index contributed by atoms with van der Waals surface area (Å²) < 4.78 is 5.42. The number of ether oxygens (including phenoxy) is 1. The Kier molecular flexibility index (Phi) is 4.08. The van der Waals surface area contributed by atoms with Crippen LogP contribution in [-0.2, 0) is 0 Å². The molecule has 0 N–H and O–H groups in total. The van der Waals surface area contributed by atoms with Crippen molar-refractivity contribution >= 4 is 28.9 Å². The lowest BCUT2D eigenvalue weighted by molar-refractivity contribution is -0.385. The first-order chi connectivity index (χ1) is 9.52. The van der Waals surface area contributed by atoms with Gasteiger partial charge in [0.15, 0.2) is 0 Å². The molecule has 0 saturated heterocycles. The van der Waals surface area contributed by atoms with Gasteiger partial charge in [-0.1, -0.05) is 29.3 Å². The Bertz CT molecular complexity index is 726. The molecule has 5 nitrogen and oxygen atoms in total. The molecule has 0 bridgehead atoms. The predicted molar refractivity (Wildman–Crippen MR) is 74.3 cm³/mol. The largest absolute Gasteiger partial charge is 0.449 e. The Morgan fingerprint density at radius 1 is 1.20 bits per heavy atom. The maximum absolute atomic E-state index is 11.0. The second-order valence-electron chi connectivity index (χ2n) is 3.70. The number of benzene rings is 2. The van der Waals surface area contributed by atoms with Gasteiger partial charge in [0.2, 0.25) is 5.75 Å². The van der Waals surface area contributed by atoms with E-state index in [1.807, 2.05) is 6.07 Å². The van der Waals surface area contributed by atoms with Crippen molar-refractivity contribution in [1.29, 1.82) is 5.26 Å². The number of halogens is 2. The third-order valence-corrected chi connectivity index (χ3v) is 3.16. The molecule has 2 rings (SSSR count). The summed E-state index contributed by atoms with van der Waals surface area (Å²) in [6, 6.07) is 10.4. The SMILES string of the molecule is N#Cc1cccc([N+](=O)[O-])c1Oc1ccc(Cl)c(Cl)c1. The molecule has 2 aromatic carbocycles. The highest BCUT2D eigenvalue weighted by atomic mass is 35.5. The lowest BCUT2D eigenvalue weighted by Crippen LogP contribution is -1.96. The minimum absolute atomic E-state index is 0.0604. The first-order valence-corrected chi connectivity index (χ1v) is 6.09. The van der Waals surface area contributed by atoms with E-state index < -0.39 is 4.92 Å². The molecule has 2 aromatic rings. The minimum atomic E-state index is -0.617. The number of rotatable bonds is 3. The van der Waals surface area contributed by atoms with Crippen molar-refractivity contribution < 1.29 is 9.66 Å². The van der Waals surface area contributed by atoms with Gasteiger partial charge in [-0.2, -0.15) is 5.26 Å². The maximum Gasteiger partial charge on any atom is 0.312 e. The van der Waals surface area contributed by atoms with E-state index >= 15 is 0 Å². The van der Waals surface area contributed by atoms with Gasteiger partial charge in [0.25, 0.3) is 0 Å². The Morgan fingerprint density at radius 3 is 2.55 bits per heavy atom. The molecule has 0 aromatic heterocycles. The van der Waals surface area contributed by atoms with Crippen LogP contribution in [0.1, 0.15) is 5.56 Å². The highest BCUT2D eigenvalue weighted by Crippen LogP contribution is 2.36. The fourth-order valence-electron chi connectivity index (χ4n) is 1.52. The molecule has 0 unspecified atom stereocenters. The van der Waals surface area contributed by atoms with E-state index in [0.29, 0.717) is 5.02 Å². The van der Waals surface area contributed by atoms with Crippen molar-refractivity contribution in [2.75, 3.05) is 0 Å². The Balaban J connectivity index is 2.49. The first-order valence-electron chi connectivity index (χ1n) is 5.33. The summed E-state index contributed by atoms with van der Waals surface area (Å²) in [5.74, 6) is 0.128. The van der Waals surface area contributed by atoms with Crippen molar-refractivity contribution in [3.8, 4) is 17.6 Å². The second kappa shape index (κ2) is 5.78. The molecule has 0 aliphatic rings. The summed E-state index contributed by atoms with van der Waals surface area (Å²) in [4.78, 5) is 10.4. The predicted octanol–water partition coefficient (Wildman–Crippen LogP) is 4.57. The van der Waals surface area contributed by atoms with E-state index in [0.717, 1.165) is 0 Å². The normalized spacial score (nSPS) is 9.85. The number of hydrogen-bond donors (Lipinski definition) is 0. The lowest BCUT2D eigenvalue weighted by atomic mass is 10.2. The van der Waals surface area contributed by atoms with Crippen LogP contribution in [0.4, 0.5) is 5.69 Å². The van der Waals surface area contributed by atoms with Gasteiger partial charge in [-0.15, -0.1) is 0 Å². The zero-order valence-electron chi connectivity index (χ0n) is 9.84. The van der Waals surface area contributed by atoms with Gasteiger partial charge in [0.05, 0.1) is 15.0 Å². The number of para-hydroxylation sites is 1. The maximum atomic E-state index is 11.0. The molecule has 0 fully saturated rings. The average molecular weight is 309 g/mol. The van der Waals surface area contributed by atoms with E-state index in [-0.39, 0.29) is 27.8 Å². The van der Waals surface area contributed by atoms with E-state index in [4.69, 9.17) is 33.2 Å². The monoisotopic (exact) mass is 308 g/mol. The van der Waals surface area contributed by atoms with Gasteiger partial charge < -0.3 is 4.74 Å². The van der Waals surface area contributed by atoms with Crippen molar-refractivity contribution in [1.82, 2.24) is 0 Å². The number of nitriles is 1. The van der Waals surface area contributed by atoms with E-state index in [9.17, 15) is 10.1 Å². The molecule has 20 heavy (non-hydrogen) atoms. The fraction of sp³-hybridized carbons (Fsp3) is 0. The molecule has 0 saturated carbocycles. The van der Waals surface area contributed by atoms with Gasteiger partial charge in [0.1, 0.15) is 17.4 Å². The Labute approximate surface area is 124 Å². The Morgan fingerprint density at radius 2 is 1.95 bits per heavy atom. The van der Waals surface area contributed by atoms with Crippen LogP contribution >= 0.6 is 23.2 Å². The number of nitro groups is 1. The molecule has 0 aliphatic carbocycles. The van der Waals surface area contributed by atoms with Gasteiger partial charge in [0, 0.05) is 12.1 Å². The molecule has 0 atom stereocenters. The minimum Gasteiger partial charge on any atom is -0.449 e. The lowest BCUT2D eigenvalue weighted by Gasteiger charge is -2.08. The molecule has 0 aliphatic heterocycles. The van der Waals surface area contributed by atoms with Crippen LogP contribution in [0.5, 0.6) is 11.5 Å². The van der Waals surface area contributed by atoms with E-state index in [1.165, 1.54) is 36.4 Å². The number of nitro benzene ring substituents is 1. The third kappa shape index (κ3) is 2.82. The molecular weight excluding hydrogens is 303 g/mol. The molecular formula is C13H6Cl2N2O3. The summed E-state index contributed by atoms with van der Waals surface area (Å²) in [5, 5.41) is 20.6. The highest BCUT2D eigenvalue weighted by molar-refractivity contribution is 6.42. The van der Waals surface area contributed by atoms with Crippen LogP contribution < -0.4 is 4.74 Å². The first kappa shape index (κ1) is 14.1. The number of nitrogens with zero attached hydrogens (tertiary/aromatic N) is 2. The van der Waals surface area contributed by atoms with Crippen LogP contribution in [0.15, 0.2) is 36.4 Å². The number of hydrogen-bond acceptors (Lipinski definition) is 4. The quantitative estimate of drug-likeness (QED) is 0.615. The fourth-order valence-corrected chi connectivity index (χ4v) is 1.81. The molecule has 7 heteroatoms. The van der Waals surface area contributed by atoms with Crippen molar-refractivity contribution in [3.63, 3.8) is 0 Å². The summed E-state index contributed by atoms with van der Waals surface area (Å²) in [7, 11) is 0. The van der Waals surface area contributed by atoms with Crippen LogP contribution in [0.2, 0.25) is 10.0 Å². The Hall–Kier alpha value is -2.29. The van der Waals surface area contributed by atoms with Crippen LogP contribution in [-0.4, -0.2) is 4.92 Å². The van der Waals surface area contributed by atoms with Gasteiger partial charge >= 0.3 is 5.69 Å². The van der Waals surface area contributed by atoms with Crippen molar-refractivity contribution in [2.24, 2.45) is 0 Å². The second-order valence-corrected chi connectivity index (χ2v) is 4.52. The molecule has 0 amide bonds. The standard InChI is InChI=1S/C13H6Cl2N2O3/c14-10-5-4-9(6-11(10)15)20-13-8(7-16)2-1-3-12(13)17(18)19/h1-6H. The summed E-state index contributed by atoms with van der Waals surface area (Å²) in [6.07, 6.45) is 0. The van der Waals surface area contributed by atoms with Crippen LogP contribution in [0.25, 0.3) is 0 Å². The summed E-state index contributed by atoms with van der Waals surface area (Å²) in [6.45, 7) is 0. The van der Waals surface area contributed by atoms with E-state index in [2.05, 4.69) is 0 Å². The van der Waals surface area contributed by atoms with Crippen molar-refractivity contribution in [3.05, 3.63) is 62.1 Å². The summed E-state index contributed by atoms with van der Waals surface area (Å²) >= 11 is 11.6. The average Bonchev–Trinajstić information content (AvgIpc) is 2.43. The topological polar surface area (TPSA) is 76.2 Å². The molecule has 0 radical (unpaired) electrons. The third-order valence-electron chi connectivity index (χ3n) is 2.42. The zero-order valence-corrected chi connectivity index (χ0v) is 11.4. The highest BCUT2D eigenvalue weighted by Gasteiger charge is 2.20. The van der Waals surface area contributed by atoms with Gasteiger partial charge in [-0.3, -0.25) is 10.1 Å². The van der Waals surface area contributed by atoms with Gasteiger partial charge in [-0.05, 0) is 18.2 Å². The zero-order chi connectivity index (χ0) is 14.7. The van der Waals surface area contributed by atoms with Gasteiger partial charge in [-0.25, -0.2) is 0 Å². The molecule has 0 spiro atoms. The molecule has 0 heterocycles. The summed E-state index contributed by atoms with van der Waals surface area (Å²) in [5.41, 5.74) is -0.236. The van der Waals surface area contributed by atoms with E-state index in [1.54, 1.807) is 0 Å².